The van der Waals surface area contributed by atoms with Crippen molar-refractivity contribution in [3.05, 3.63) is 144 Å². The normalized spacial score (nSPS) is 19.1. The molecule has 8 heteroatoms. The predicted molar refractivity (Wildman–Crippen MR) is 182 cm³/mol. The molecule has 1 aliphatic heterocycles. The van der Waals surface area contributed by atoms with Crippen LogP contribution in [0.25, 0.3) is 11.1 Å². The molecule has 0 aromatic heterocycles. The van der Waals surface area contributed by atoms with Crippen molar-refractivity contribution in [2.24, 2.45) is 0 Å². The third-order valence-corrected chi connectivity index (χ3v) is 8.67. The van der Waals surface area contributed by atoms with E-state index in [0.717, 1.165) is 38.9 Å². The Bertz CT molecular complexity index is 1580. The summed E-state index contributed by atoms with van der Waals surface area (Å²) in [6.07, 6.45) is 0.0429. The van der Waals surface area contributed by atoms with Crippen molar-refractivity contribution < 1.29 is 29.2 Å². The van der Waals surface area contributed by atoms with Crippen molar-refractivity contribution in [3.63, 3.8) is 0 Å². The highest BCUT2D eigenvalue weighted by Gasteiger charge is 2.34. The summed E-state index contributed by atoms with van der Waals surface area (Å²) in [6, 6.07) is 33.4. The van der Waals surface area contributed by atoms with Gasteiger partial charge in [0, 0.05) is 31.1 Å². The number of ether oxygens (including phenoxy) is 3. The maximum atomic E-state index is 12.0. The van der Waals surface area contributed by atoms with Crippen LogP contribution < -0.4 is 5.32 Å². The third kappa shape index (κ3) is 8.94. The lowest BCUT2D eigenvalue weighted by atomic mass is 9.97. The molecule has 4 aromatic carbocycles. The lowest BCUT2D eigenvalue weighted by molar-refractivity contribution is -0.253. The maximum Gasteiger partial charge on any atom is 0.407 e. The molecule has 5 unspecified atom stereocenters. The molecule has 47 heavy (non-hydrogen) atoms. The van der Waals surface area contributed by atoms with E-state index in [1.165, 1.54) is 6.08 Å². The minimum Gasteiger partial charge on any atom is -0.445 e. The van der Waals surface area contributed by atoms with Crippen molar-refractivity contribution in [3.8, 4) is 11.1 Å². The average molecular weight is 637 g/mol. The second-order valence-electron chi connectivity index (χ2n) is 11.9. The van der Waals surface area contributed by atoms with Crippen LogP contribution >= 0.6 is 0 Å². The minimum atomic E-state index is -0.637. The maximum absolute atomic E-state index is 12.0. The molecular formula is C39H44N2O6. The van der Waals surface area contributed by atoms with Gasteiger partial charge in [0.05, 0.1) is 24.9 Å². The number of benzene rings is 4. The van der Waals surface area contributed by atoms with Crippen LogP contribution in [0, 0.1) is 0 Å². The fourth-order valence-corrected chi connectivity index (χ4v) is 5.82. The largest absolute Gasteiger partial charge is 0.445 e. The van der Waals surface area contributed by atoms with Crippen LogP contribution in [0.4, 0.5) is 4.79 Å². The van der Waals surface area contributed by atoms with Crippen LogP contribution in [0.5, 0.6) is 0 Å². The molecule has 1 fully saturated rings. The summed E-state index contributed by atoms with van der Waals surface area (Å²) in [6.45, 7) is 6.66. The molecule has 3 N–H and O–H groups in total. The monoisotopic (exact) mass is 636 g/mol. The Balaban J connectivity index is 1.33. The zero-order chi connectivity index (χ0) is 33.2. The number of nitrogens with one attached hydrogen (secondary N) is 1. The molecule has 0 radical (unpaired) electrons. The van der Waals surface area contributed by atoms with E-state index in [4.69, 9.17) is 14.2 Å². The molecule has 1 amide bonds. The highest BCUT2D eigenvalue weighted by atomic mass is 16.7. The van der Waals surface area contributed by atoms with Crippen molar-refractivity contribution in [2.75, 3.05) is 20.2 Å². The Morgan fingerprint density at radius 2 is 1.66 bits per heavy atom. The predicted octanol–water partition coefficient (Wildman–Crippen LogP) is 6.86. The van der Waals surface area contributed by atoms with E-state index in [9.17, 15) is 15.0 Å². The molecule has 0 bridgehead atoms. The van der Waals surface area contributed by atoms with Crippen molar-refractivity contribution >= 4 is 6.09 Å². The molecule has 4 aromatic rings. The number of carbonyl (C=O) groups is 1. The molecule has 0 saturated carbocycles. The van der Waals surface area contributed by atoms with E-state index >= 15 is 0 Å². The van der Waals surface area contributed by atoms with Gasteiger partial charge in [0.25, 0.3) is 0 Å². The number of rotatable bonds is 13. The number of aliphatic hydroxyl groups excluding tert-OH is 2. The Morgan fingerprint density at radius 3 is 2.36 bits per heavy atom. The topological polar surface area (TPSA) is 100 Å². The van der Waals surface area contributed by atoms with Gasteiger partial charge >= 0.3 is 6.09 Å². The molecule has 8 nitrogen and oxygen atoms in total. The summed E-state index contributed by atoms with van der Waals surface area (Å²) in [7, 11) is 2.01. The summed E-state index contributed by atoms with van der Waals surface area (Å²) >= 11 is 0. The first-order valence-electron chi connectivity index (χ1n) is 16.0. The van der Waals surface area contributed by atoms with Crippen LogP contribution in [0.2, 0.25) is 0 Å². The van der Waals surface area contributed by atoms with Crippen LogP contribution in [-0.2, 0) is 27.4 Å². The molecule has 5 atom stereocenters. The summed E-state index contributed by atoms with van der Waals surface area (Å²) in [5.41, 5.74) is 6.59. The minimum absolute atomic E-state index is 0.0163. The van der Waals surface area contributed by atoms with Crippen LogP contribution in [-0.4, -0.2) is 53.6 Å². The standard InChI is InChI=1S/C39H44N2O6/c1-4-22-45-39(44)40-24-33-12-8-9-13-35(33)29-18-20-32(21-19-29)38-46-34(23-36(47-38)30-16-14-28(26-42)15-17-30)25-41(3)27(2)37(43)31-10-6-5-7-11-31/h4-21,27,34,36-38,42-43H,1,22-26H2,2-3H3,(H,40,44). The molecule has 0 aliphatic carbocycles. The number of aliphatic hydroxyl groups is 2. The molecule has 1 saturated heterocycles. The van der Waals surface area contributed by atoms with Gasteiger partial charge in [-0.1, -0.05) is 116 Å². The van der Waals surface area contributed by atoms with Gasteiger partial charge in [-0.25, -0.2) is 4.79 Å². The van der Waals surface area contributed by atoms with E-state index < -0.39 is 18.5 Å². The zero-order valence-corrected chi connectivity index (χ0v) is 27.0. The summed E-state index contributed by atoms with van der Waals surface area (Å²) < 4.78 is 18.2. The zero-order valence-electron chi connectivity index (χ0n) is 27.0. The van der Waals surface area contributed by atoms with Gasteiger partial charge in [0.2, 0.25) is 0 Å². The van der Waals surface area contributed by atoms with E-state index in [-0.39, 0.29) is 31.5 Å². The number of amides is 1. The number of carbonyl (C=O) groups excluding carboxylic acids is 1. The first-order valence-corrected chi connectivity index (χ1v) is 16.0. The number of hydrogen-bond donors (Lipinski definition) is 3. The van der Waals surface area contributed by atoms with Gasteiger partial charge in [-0.05, 0) is 47.4 Å². The molecule has 1 heterocycles. The van der Waals surface area contributed by atoms with Crippen LogP contribution in [0.15, 0.2) is 116 Å². The summed E-state index contributed by atoms with van der Waals surface area (Å²) in [5.74, 6) is 0. The smallest absolute Gasteiger partial charge is 0.407 e. The van der Waals surface area contributed by atoms with E-state index in [2.05, 4.69) is 16.8 Å². The fourth-order valence-electron chi connectivity index (χ4n) is 5.82. The van der Waals surface area contributed by atoms with E-state index in [1.807, 2.05) is 117 Å². The fraction of sp³-hybridized carbons (Fsp3) is 0.308. The highest BCUT2D eigenvalue weighted by molar-refractivity contribution is 5.70. The van der Waals surface area contributed by atoms with Crippen LogP contribution in [0.1, 0.15) is 59.7 Å². The second kappa shape index (κ2) is 16.5. The number of alkyl carbamates (subject to hydrolysis) is 1. The average Bonchev–Trinajstić information content (AvgIpc) is 3.13. The SMILES string of the molecule is C=CCOC(=O)NCc1ccccc1-c1ccc(C2OC(CN(C)C(C)C(O)c3ccccc3)CC(c3ccc(CO)cc3)O2)cc1. The number of hydrogen-bond acceptors (Lipinski definition) is 7. The quantitative estimate of drug-likeness (QED) is 0.138. The van der Waals surface area contributed by atoms with Gasteiger partial charge in [-0.3, -0.25) is 4.90 Å². The first kappa shape index (κ1) is 34.0. The van der Waals surface area contributed by atoms with E-state index in [0.29, 0.717) is 19.5 Å². The molecular weight excluding hydrogens is 592 g/mol. The van der Waals surface area contributed by atoms with Gasteiger partial charge < -0.3 is 29.7 Å². The summed E-state index contributed by atoms with van der Waals surface area (Å²) in [4.78, 5) is 14.1. The first-order chi connectivity index (χ1) is 22.9. The molecule has 246 valence electrons. The second-order valence-corrected chi connectivity index (χ2v) is 11.9. The Morgan fingerprint density at radius 1 is 0.979 bits per heavy atom. The third-order valence-electron chi connectivity index (χ3n) is 8.67. The van der Waals surface area contributed by atoms with Gasteiger partial charge in [0.15, 0.2) is 6.29 Å². The Hall–Kier alpha value is -4.31. The molecule has 1 aliphatic rings. The van der Waals surface area contributed by atoms with Gasteiger partial charge in [-0.2, -0.15) is 0 Å². The van der Waals surface area contributed by atoms with Crippen molar-refractivity contribution in [1.29, 1.82) is 0 Å². The number of likely N-dealkylation sites (N-methyl/N-ethyl adjacent to an activating group) is 1. The Kier molecular flexibility index (Phi) is 11.9. The molecule has 5 rings (SSSR count). The van der Waals surface area contributed by atoms with Crippen molar-refractivity contribution in [2.45, 2.75) is 57.1 Å². The lowest BCUT2D eigenvalue weighted by Gasteiger charge is -2.39. The molecule has 0 spiro atoms. The van der Waals surface area contributed by atoms with Gasteiger partial charge in [-0.15, -0.1) is 0 Å². The number of nitrogens with zero attached hydrogens (tertiary/aromatic N) is 1. The lowest BCUT2D eigenvalue weighted by Crippen LogP contribution is -2.43. The Labute approximate surface area is 277 Å². The van der Waals surface area contributed by atoms with E-state index in [1.54, 1.807) is 0 Å². The van der Waals surface area contributed by atoms with Crippen LogP contribution in [0.3, 0.4) is 0 Å². The van der Waals surface area contributed by atoms with Gasteiger partial charge in [0.1, 0.15) is 6.61 Å². The summed E-state index contributed by atoms with van der Waals surface area (Å²) in [5, 5.41) is 23.4. The van der Waals surface area contributed by atoms with Crippen molar-refractivity contribution in [1.82, 2.24) is 10.2 Å². The highest BCUT2D eigenvalue weighted by Crippen LogP contribution is 2.39.